The highest BCUT2D eigenvalue weighted by atomic mass is 35.5. The molecule has 0 bridgehead atoms. The number of aliphatic hydroxyl groups is 1. The van der Waals surface area contributed by atoms with E-state index in [1.54, 1.807) is 0 Å². The maximum Gasteiger partial charge on any atom is 0.211 e. The van der Waals surface area contributed by atoms with Crippen LogP contribution in [0.15, 0.2) is 66.7 Å². The molecule has 0 saturated carbocycles. The molecule has 1 aromatic heterocycles. The Balaban J connectivity index is 1.23. The molecular weight excluding hydrogens is 657 g/mol. The van der Waals surface area contributed by atoms with Gasteiger partial charge in [0.2, 0.25) is 10.0 Å². The summed E-state index contributed by atoms with van der Waals surface area (Å²) in [7, 11) is -3.40. The third kappa shape index (κ3) is 8.26. The summed E-state index contributed by atoms with van der Waals surface area (Å²) >= 11 is 12.7. The SMILES string of the molecule is C[C@H]1COCCN1C[C@H](O)Cn1nc(-c2ccc(Cl)c(-c3ccc(CNCc4ccc(Cl)cc4)cc3)c2)c2c1CCN(S(C)(=O)=O)C2. The normalized spacial score (nSPS) is 18.3. The molecule has 47 heavy (non-hydrogen) atoms. The molecule has 0 radical (unpaired) electrons. The van der Waals surface area contributed by atoms with E-state index in [1.165, 1.54) is 16.1 Å². The van der Waals surface area contributed by atoms with E-state index in [0.717, 1.165) is 51.6 Å². The number of benzene rings is 3. The van der Waals surface area contributed by atoms with Crippen LogP contribution in [0.25, 0.3) is 22.4 Å². The summed E-state index contributed by atoms with van der Waals surface area (Å²) in [6.45, 7) is 7.08. The van der Waals surface area contributed by atoms with Crippen molar-refractivity contribution < 1.29 is 18.3 Å². The Kier molecular flexibility index (Phi) is 10.7. The number of β-amino-alcohol motifs (C(OH)–C–C–N with tert-alkyl or cyclic N) is 1. The Morgan fingerprint density at radius 3 is 2.34 bits per heavy atom. The second-order valence-corrected chi connectivity index (χ2v) is 15.3. The van der Waals surface area contributed by atoms with E-state index in [1.807, 2.05) is 47.1 Å². The summed E-state index contributed by atoms with van der Waals surface area (Å²) in [5, 5.41) is 20.9. The largest absolute Gasteiger partial charge is 0.390 e. The molecule has 0 spiro atoms. The highest BCUT2D eigenvalue weighted by molar-refractivity contribution is 7.88. The third-order valence-corrected chi connectivity index (χ3v) is 10.8. The molecule has 9 nitrogen and oxygen atoms in total. The van der Waals surface area contributed by atoms with E-state index in [0.29, 0.717) is 56.5 Å². The number of morpholine rings is 1. The number of rotatable bonds is 11. The van der Waals surface area contributed by atoms with Crippen molar-refractivity contribution in [3.63, 3.8) is 0 Å². The zero-order valence-electron chi connectivity index (χ0n) is 26.7. The average molecular weight is 699 g/mol. The Morgan fingerprint density at radius 1 is 0.979 bits per heavy atom. The topological polar surface area (TPSA) is 99.9 Å². The minimum atomic E-state index is -3.40. The average Bonchev–Trinajstić information content (AvgIpc) is 3.40. The number of nitrogens with one attached hydrogen (secondary N) is 1. The fourth-order valence-corrected chi connectivity index (χ4v) is 7.48. The van der Waals surface area contributed by atoms with Gasteiger partial charge in [-0.2, -0.15) is 9.40 Å². The van der Waals surface area contributed by atoms with Gasteiger partial charge in [0.15, 0.2) is 0 Å². The molecule has 6 rings (SSSR count). The first-order valence-electron chi connectivity index (χ1n) is 15.9. The van der Waals surface area contributed by atoms with Crippen molar-refractivity contribution in [3.8, 4) is 22.4 Å². The Bertz CT molecular complexity index is 1800. The predicted molar refractivity (Wildman–Crippen MR) is 187 cm³/mol. The summed E-state index contributed by atoms with van der Waals surface area (Å²) in [4.78, 5) is 2.24. The van der Waals surface area contributed by atoms with E-state index >= 15 is 0 Å². The van der Waals surface area contributed by atoms with E-state index in [9.17, 15) is 13.5 Å². The standard InChI is InChI=1S/C35H41Cl2N5O4S/c1-24-23-46-16-15-40(24)20-30(43)21-42-34-13-14-41(47(2,44)45)22-32(34)35(39-42)28-9-12-33(37)31(17-28)27-7-3-25(4-8-27)18-38-19-26-5-10-29(36)11-6-26/h3-12,17,24,30,38,43H,13-16,18-23H2,1-2H3/t24-,30-/m0/s1. The van der Waals surface area contributed by atoms with Gasteiger partial charge in [0.25, 0.3) is 0 Å². The van der Waals surface area contributed by atoms with Crippen molar-refractivity contribution in [2.45, 2.75) is 51.7 Å². The van der Waals surface area contributed by atoms with Crippen molar-refractivity contribution in [2.24, 2.45) is 0 Å². The molecular formula is C35H41Cl2N5O4S. The van der Waals surface area contributed by atoms with E-state index < -0.39 is 16.1 Å². The lowest BCUT2D eigenvalue weighted by atomic mass is 9.97. The number of aromatic nitrogens is 2. The van der Waals surface area contributed by atoms with E-state index in [-0.39, 0.29) is 12.6 Å². The summed E-state index contributed by atoms with van der Waals surface area (Å²) in [5.74, 6) is 0. The highest BCUT2D eigenvalue weighted by Crippen LogP contribution is 2.36. The molecule has 0 unspecified atom stereocenters. The van der Waals surface area contributed by atoms with Gasteiger partial charge in [0.05, 0.1) is 37.8 Å². The zero-order valence-corrected chi connectivity index (χ0v) is 29.0. The molecule has 2 N–H and O–H groups in total. The lowest BCUT2D eigenvalue weighted by molar-refractivity contribution is -0.0227. The number of hydrogen-bond acceptors (Lipinski definition) is 7. The van der Waals surface area contributed by atoms with Gasteiger partial charge < -0.3 is 15.2 Å². The number of sulfonamides is 1. The molecule has 2 atom stereocenters. The molecule has 1 saturated heterocycles. The first-order valence-corrected chi connectivity index (χ1v) is 18.5. The van der Waals surface area contributed by atoms with Crippen molar-refractivity contribution in [1.29, 1.82) is 0 Å². The van der Waals surface area contributed by atoms with Crippen molar-refractivity contribution in [1.82, 2.24) is 24.3 Å². The van der Waals surface area contributed by atoms with Gasteiger partial charge in [0.1, 0.15) is 0 Å². The van der Waals surface area contributed by atoms with Crippen molar-refractivity contribution >= 4 is 33.2 Å². The quantitative estimate of drug-likeness (QED) is 0.222. The van der Waals surface area contributed by atoms with Gasteiger partial charge in [-0.15, -0.1) is 0 Å². The predicted octanol–water partition coefficient (Wildman–Crippen LogP) is 5.21. The molecule has 0 amide bonds. The monoisotopic (exact) mass is 697 g/mol. The summed E-state index contributed by atoms with van der Waals surface area (Å²) in [5.41, 5.74) is 7.53. The van der Waals surface area contributed by atoms with Crippen LogP contribution in [-0.4, -0.2) is 83.8 Å². The number of fused-ring (bicyclic) bond motifs is 1. The lowest BCUT2D eigenvalue weighted by Gasteiger charge is -2.34. The first kappa shape index (κ1) is 34.1. The van der Waals surface area contributed by atoms with Gasteiger partial charge in [-0.25, -0.2) is 8.42 Å². The highest BCUT2D eigenvalue weighted by Gasteiger charge is 2.31. The molecule has 1 fully saturated rings. The molecule has 3 aromatic carbocycles. The molecule has 250 valence electrons. The number of halogens is 2. The fourth-order valence-electron chi connectivity index (χ4n) is 6.34. The Hall–Kier alpha value is -2.80. The number of hydrogen-bond donors (Lipinski definition) is 2. The number of nitrogens with zero attached hydrogens (tertiary/aromatic N) is 4. The van der Waals surface area contributed by atoms with Crippen molar-refractivity contribution in [3.05, 3.63) is 99.2 Å². The Labute approximate surface area is 287 Å². The molecule has 0 aliphatic carbocycles. The minimum Gasteiger partial charge on any atom is -0.390 e. The van der Waals surface area contributed by atoms with Gasteiger partial charge in [-0.3, -0.25) is 9.58 Å². The van der Waals surface area contributed by atoms with Crippen LogP contribution in [0.5, 0.6) is 0 Å². The van der Waals surface area contributed by atoms with Crippen LogP contribution >= 0.6 is 23.2 Å². The second kappa shape index (κ2) is 14.8. The van der Waals surface area contributed by atoms with Crippen LogP contribution in [-0.2, 0) is 47.4 Å². The maximum atomic E-state index is 12.6. The molecule has 4 aromatic rings. The van der Waals surface area contributed by atoms with Gasteiger partial charge >= 0.3 is 0 Å². The molecule has 12 heteroatoms. The second-order valence-electron chi connectivity index (χ2n) is 12.5. The van der Waals surface area contributed by atoms with Gasteiger partial charge in [0, 0.05) is 84.2 Å². The summed E-state index contributed by atoms with van der Waals surface area (Å²) < 4.78 is 34.0. The third-order valence-electron chi connectivity index (χ3n) is 8.98. The van der Waals surface area contributed by atoms with Crippen LogP contribution < -0.4 is 5.32 Å². The van der Waals surface area contributed by atoms with Crippen LogP contribution in [0.3, 0.4) is 0 Å². The Morgan fingerprint density at radius 2 is 1.66 bits per heavy atom. The van der Waals surface area contributed by atoms with Gasteiger partial charge in [-0.1, -0.05) is 65.7 Å². The molecule has 2 aliphatic heterocycles. The van der Waals surface area contributed by atoms with E-state index in [4.69, 9.17) is 33.0 Å². The number of ether oxygens (including phenoxy) is 1. The lowest BCUT2D eigenvalue weighted by Crippen LogP contribution is -2.47. The first-order chi connectivity index (χ1) is 22.5. The van der Waals surface area contributed by atoms with Gasteiger partial charge in [-0.05, 0) is 47.9 Å². The molecule has 2 aliphatic rings. The summed E-state index contributed by atoms with van der Waals surface area (Å²) in [6, 6.07) is 22.2. The smallest absolute Gasteiger partial charge is 0.211 e. The summed E-state index contributed by atoms with van der Waals surface area (Å²) in [6.07, 6.45) is 1.12. The maximum absolute atomic E-state index is 12.6. The molecule has 3 heterocycles. The van der Waals surface area contributed by atoms with Crippen LogP contribution in [0.2, 0.25) is 10.0 Å². The van der Waals surface area contributed by atoms with Crippen molar-refractivity contribution in [2.75, 3.05) is 39.1 Å². The van der Waals surface area contributed by atoms with Crippen LogP contribution in [0.4, 0.5) is 0 Å². The zero-order chi connectivity index (χ0) is 33.1. The fraction of sp³-hybridized carbons (Fsp3) is 0.400. The van der Waals surface area contributed by atoms with Crippen LogP contribution in [0.1, 0.15) is 29.3 Å². The van der Waals surface area contributed by atoms with Crippen LogP contribution in [0, 0.1) is 0 Å². The number of aliphatic hydroxyl groups excluding tert-OH is 1. The minimum absolute atomic E-state index is 0.232. The van der Waals surface area contributed by atoms with E-state index in [2.05, 4.69) is 41.4 Å².